The molecule has 8 heteroatoms. The first-order valence-electron chi connectivity index (χ1n) is 4.44. The molecule has 0 atom stereocenters. The molecule has 8 nitrogen and oxygen atoms in total. The summed E-state index contributed by atoms with van der Waals surface area (Å²) in [6.07, 6.45) is 1.32. The third-order valence-electron chi connectivity index (χ3n) is 1.95. The van der Waals surface area contributed by atoms with Gasteiger partial charge in [-0.3, -0.25) is 4.79 Å². The van der Waals surface area contributed by atoms with Gasteiger partial charge in [-0.1, -0.05) is 0 Å². The van der Waals surface area contributed by atoms with Crippen molar-refractivity contribution < 1.29 is 9.53 Å². The second-order valence-electron chi connectivity index (χ2n) is 2.96. The lowest BCUT2D eigenvalue weighted by Gasteiger charge is -2.03. The van der Waals surface area contributed by atoms with Crippen LogP contribution in [0.15, 0.2) is 17.2 Å². The van der Waals surface area contributed by atoms with Crippen molar-refractivity contribution in [2.24, 2.45) is 0 Å². The first kappa shape index (κ1) is 10.1. The van der Waals surface area contributed by atoms with Crippen LogP contribution in [-0.2, 0) is 9.53 Å². The molecule has 0 saturated heterocycles. The lowest BCUT2D eigenvalue weighted by molar-refractivity contribution is -0.138. The Morgan fingerprint density at radius 3 is 3.25 bits per heavy atom. The summed E-state index contributed by atoms with van der Waals surface area (Å²) in [5.41, 5.74) is 0.0642. The van der Waals surface area contributed by atoms with E-state index in [4.69, 9.17) is 0 Å². The lowest BCUT2D eigenvalue weighted by Crippen LogP contribution is -2.16. The first-order chi connectivity index (χ1) is 7.70. The predicted octanol–water partition coefficient (Wildman–Crippen LogP) is -0.997. The molecule has 2 heterocycles. The molecule has 0 aromatic carbocycles. The van der Waals surface area contributed by atoms with Crippen LogP contribution in [-0.4, -0.2) is 39.2 Å². The minimum Gasteiger partial charge on any atom is -0.468 e. The van der Waals surface area contributed by atoms with E-state index in [0.717, 1.165) is 0 Å². The summed E-state index contributed by atoms with van der Waals surface area (Å²) in [6.45, 7) is 0.00826. The van der Waals surface area contributed by atoms with E-state index in [9.17, 15) is 9.59 Å². The third-order valence-corrected chi connectivity index (χ3v) is 1.95. The quantitative estimate of drug-likeness (QED) is 0.647. The lowest BCUT2D eigenvalue weighted by atomic mass is 10.5. The van der Waals surface area contributed by atoms with Gasteiger partial charge in [-0.2, -0.15) is 5.10 Å². The van der Waals surface area contributed by atoms with Gasteiger partial charge in [0.1, 0.15) is 18.7 Å². The van der Waals surface area contributed by atoms with Crippen molar-refractivity contribution in [1.82, 2.24) is 19.6 Å². The fourth-order valence-corrected chi connectivity index (χ4v) is 1.14. The number of aromatic amines is 1. The highest BCUT2D eigenvalue weighted by molar-refractivity contribution is 5.74. The first-order valence-corrected chi connectivity index (χ1v) is 4.44. The van der Waals surface area contributed by atoms with Crippen LogP contribution in [0.1, 0.15) is 0 Å². The summed E-state index contributed by atoms with van der Waals surface area (Å²) < 4.78 is 5.71. The summed E-state index contributed by atoms with van der Waals surface area (Å²) in [7, 11) is 1.30. The second-order valence-corrected chi connectivity index (χ2v) is 2.96. The number of hydrogen-bond acceptors (Lipinski definition) is 6. The molecule has 0 spiro atoms. The topological polar surface area (TPSA) is 101 Å². The normalized spacial score (nSPS) is 10.3. The maximum atomic E-state index is 11.1. The zero-order valence-electron chi connectivity index (χ0n) is 8.43. The van der Waals surface area contributed by atoms with Crippen molar-refractivity contribution in [2.45, 2.75) is 0 Å². The van der Waals surface area contributed by atoms with Gasteiger partial charge in [0.05, 0.1) is 7.11 Å². The highest BCUT2D eigenvalue weighted by Crippen LogP contribution is 2.03. The van der Waals surface area contributed by atoms with Crippen molar-refractivity contribution in [3.05, 3.63) is 22.9 Å². The van der Waals surface area contributed by atoms with E-state index < -0.39 is 5.97 Å². The molecule has 0 aliphatic heterocycles. The zero-order chi connectivity index (χ0) is 11.5. The zero-order valence-corrected chi connectivity index (χ0v) is 8.43. The monoisotopic (exact) mass is 223 g/mol. The van der Waals surface area contributed by atoms with Crippen LogP contribution in [0.3, 0.4) is 0 Å². The van der Waals surface area contributed by atoms with E-state index >= 15 is 0 Å². The molecular weight excluding hydrogens is 214 g/mol. The van der Waals surface area contributed by atoms with Crippen molar-refractivity contribution in [3.8, 4) is 0 Å². The third kappa shape index (κ3) is 1.85. The van der Waals surface area contributed by atoms with Crippen molar-refractivity contribution in [1.29, 1.82) is 0 Å². The number of rotatable bonds is 3. The van der Waals surface area contributed by atoms with Crippen molar-refractivity contribution in [2.75, 3.05) is 19.0 Å². The molecule has 2 rings (SSSR count). The molecule has 0 unspecified atom stereocenters. The minimum absolute atomic E-state index is 0.00826. The minimum atomic E-state index is -0.402. The number of H-pyrrole nitrogens is 1. The van der Waals surface area contributed by atoms with Gasteiger partial charge in [0.2, 0.25) is 0 Å². The Labute approximate surface area is 89.3 Å². The number of nitrogens with one attached hydrogen (secondary N) is 2. The Morgan fingerprint density at radius 2 is 2.50 bits per heavy atom. The molecule has 16 heavy (non-hydrogen) atoms. The molecule has 0 aliphatic rings. The summed E-state index contributed by atoms with van der Waals surface area (Å²) in [5.74, 6) is 0.0398. The Kier molecular flexibility index (Phi) is 2.54. The number of anilines is 1. The Balaban J connectivity index is 2.20. The molecule has 0 bridgehead atoms. The van der Waals surface area contributed by atoms with Gasteiger partial charge in [-0.05, 0) is 0 Å². The number of methoxy groups -OCH3 is 1. The summed E-state index contributed by atoms with van der Waals surface area (Å²) in [5, 5.41) is 8.78. The summed E-state index contributed by atoms with van der Waals surface area (Å²) in [4.78, 5) is 25.9. The van der Waals surface area contributed by atoms with E-state index in [0.29, 0.717) is 11.5 Å². The molecule has 2 aromatic heterocycles. The van der Waals surface area contributed by atoms with Crippen LogP contribution in [0.2, 0.25) is 0 Å². The summed E-state index contributed by atoms with van der Waals surface area (Å²) >= 11 is 0. The number of aromatic nitrogens is 4. The van der Waals surface area contributed by atoms with Crippen LogP contribution in [0.4, 0.5) is 5.82 Å². The van der Waals surface area contributed by atoms with Gasteiger partial charge in [0.25, 0.3) is 0 Å². The number of carbonyl (C=O) groups is 1. The van der Waals surface area contributed by atoms with E-state index in [1.165, 1.54) is 17.8 Å². The standard InChI is InChI=1S/C8H9N5O3/c1-16-7(14)3-9-5-2-6-11-12-8(15)13(6)4-10-5/h2,4,9H,3H2,1H3,(H,12,15). The van der Waals surface area contributed by atoms with Gasteiger partial charge in [0, 0.05) is 6.07 Å². The Bertz CT molecular complexity index is 572. The number of fused-ring (bicyclic) bond motifs is 1. The van der Waals surface area contributed by atoms with Gasteiger partial charge in [-0.15, -0.1) is 0 Å². The maximum Gasteiger partial charge on any atom is 0.348 e. The Hall–Kier alpha value is -2.38. The molecule has 0 saturated carbocycles. The van der Waals surface area contributed by atoms with Gasteiger partial charge in [-0.25, -0.2) is 19.3 Å². The van der Waals surface area contributed by atoms with E-state index in [1.54, 1.807) is 6.07 Å². The predicted molar refractivity (Wildman–Crippen MR) is 54.1 cm³/mol. The molecule has 0 radical (unpaired) electrons. The molecule has 0 fully saturated rings. The number of ether oxygens (including phenoxy) is 1. The van der Waals surface area contributed by atoms with Gasteiger partial charge in [0.15, 0.2) is 5.65 Å². The van der Waals surface area contributed by atoms with Crippen LogP contribution in [0.5, 0.6) is 0 Å². The van der Waals surface area contributed by atoms with Crippen LogP contribution in [0, 0.1) is 0 Å². The van der Waals surface area contributed by atoms with E-state index in [-0.39, 0.29) is 12.2 Å². The molecule has 0 amide bonds. The number of esters is 1. The number of carbonyl (C=O) groups excluding carboxylic acids is 1. The van der Waals surface area contributed by atoms with E-state index in [2.05, 4.69) is 25.2 Å². The fraction of sp³-hybridized carbons (Fsp3) is 0.250. The smallest absolute Gasteiger partial charge is 0.348 e. The average Bonchev–Trinajstić information content (AvgIpc) is 2.67. The highest BCUT2D eigenvalue weighted by Gasteiger charge is 2.04. The number of nitrogens with zero attached hydrogens (tertiary/aromatic N) is 3. The fourth-order valence-electron chi connectivity index (χ4n) is 1.14. The van der Waals surface area contributed by atoms with Gasteiger partial charge >= 0.3 is 11.7 Å². The van der Waals surface area contributed by atoms with Crippen LogP contribution < -0.4 is 11.0 Å². The molecule has 84 valence electrons. The molecule has 2 N–H and O–H groups in total. The molecule has 2 aromatic rings. The largest absolute Gasteiger partial charge is 0.468 e. The summed E-state index contributed by atoms with van der Waals surface area (Å²) in [6, 6.07) is 1.54. The van der Waals surface area contributed by atoms with Crippen molar-refractivity contribution in [3.63, 3.8) is 0 Å². The molecular formula is C8H9N5O3. The van der Waals surface area contributed by atoms with Crippen LogP contribution in [0.25, 0.3) is 5.65 Å². The van der Waals surface area contributed by atoms with Gasteiger partial charge < -0.3 is 10.1 Å². The SMILES string of the molecule is COC(=O)CNc1cc2n[nH]c(=O)n2cn1. The highest BCUT2D eigenvalue weighted by atomic mass is 16.5. The molecule has 0 aliphatic carbocycles. The van der Waals surface area contributed by atoms with Crippen LogP contribution >= 0.6 is 0 Å². The van der Waals surface area contributed by atoms with E-state index in [1.807, 2.05) is 0 Å². The maximum absolute atomic E-state index is 11.1. The van der Waals surface area contributed by atoms with Crippen molar-refractivity contribution >= 4 is 17.4 Å². The Morgan fingerprint density at radius 1 is 1.69 bits per heavy atom. The number of hydrogen-bond donors (Lipinski definition) is 2. The second kappa shape index (κ2) is 4.01. The average molecular weight is 223 g/mol.